The van der Waals surface area contributed by atoms with Crippen LogP contribution in [0.1, 0.15) is 36.4 Å². The number of thiazole rings is 1. The first-order valence-electron chi connectivity index (χ1n) is 7.14. The van der Waals surface area contributed by atoms with Gasteiger partial charge in [-0.05, 0) is 31.5 Å². The van der Waals surface area contributed by atoms with E-state index in [1.54, 1.807) is 6.07 Å². The molecule has 1 atom stereocenters. The molecule has 0 aliphatic heterocycles. The summed E-state index contributed by atoms with van der Waals surface area (Å²) in [4.78, 5) is 28.2. The normalized spacial score (nSPS) is 12.0. The summed E-state index contributed by atoms with van der Waals surface area (Å²) in [5, 5.41) is 3.46. The standard InChI is InChI=1S/C16H16ClFN2O2S/c1-3-4-13(9(2)21)20-15(22)14-8-19-16(23-14)10-5-11(17)7-12(18)6-10/h5-8,13H,3-4H2,1-2H3,(H,20,22). The van der Waals surface area contributed by atoms with Crippen LogP contribution in [0, 0.1) is 5.82 Å². The quantitative estimate of drug-likeness (QED) is 0.849. The fourth-order valence-corrected chi connectivity index (χ4v) is 3.11. The van der Waals surface area contributed by atoms with Gasteiger partial charge in [-0.15, -0.1) is 11.3 Å². The second-order valence-electron chi connectivity index (χ2n) is 5.11. The molecule has 0 saturated carbocycles. The zero-order chi connectivity index (χ0) is 17.0. The van der Waals surface area contributed by atoms with E-state index in [2.05, 4.69) is 10.3 Å². The topological polar surface area (TPSA) is 59.1 Å². The van der Waals surface area contributed by atoms with Crippen LogP contribution in [0.3, 0.4) is 0 Å². The van der Waals surface area contributed by atoms with Crippen LogP contribution in [-0.2, 0) is 4.79 Å². The molecular weight excluding hydrogens is 339 g/mol. The molecule has 7 heteroatoms. The maximum absolute atomic E-state index is 13.4. The number of hydrogen-bond donors (Lipinski definition) is 1. The van der Waals surface area contributed by atoms with Gasteiger partial charge in [0.15, 0.2) is 5.78 Å². The molecule has 1 unspecified atom stereocenters. The lowest BCUT2D eigenvalue weighted by Crippen LogP contribution is -2.39. The van der Waals surface area contributed by atoms with Crippen LogP contribution in [-0.4, -0.2) is 22.7 Å². The third-order valence-corrected chi connectivity index (χ3v) is 4.48. The van der Waals surface area contributed by atoms with Crippen molar-refractivity contribution in [1.82, 2.24) is 10.3 Å². The van der Waals surface area contributed by atoms with Gasteiger partial charge in [0.2, 0.25) is 0 Å². The monoisotopic (exact) mass is 354 g/mol. The predicted molar refractivity (Wildman–Crippen MR) is 89.4 cm³/mol. The molecule has 0 bridgehead atoms. The third-order valence-electron chi connectivity index (χ3n) is 3.21. The van der Waals surface area contributed by atoms with E-state index in [0.29, 0.717) is 21.9 Å². The van der Waals surface area contributed by atoms with Crippen LogP contribution < -0.4 is 5.32 Å². The van der Waals surface area contributed by atoms with Crippen LogP contribution in [0.5, 0.6) is 0 Å². The Balaban J connectivity index is 2.18. The third kappa shape index (κ3) is 4.59. The van der Waals surface area contributed by atoms with Crippen molar-refractivity contribution in [3.63, 3.8) is 0 Å². The second kappa shape index (κ2) is 7.66. The number of benzene rings is 1. The Morgan fingerprint density at radius 2 is 2.13 bits per heavy atom. The zero-order valence-corrected chi connectivity index (χ0v) is 14.3. The molecule has 1 aromatic carbocycles. The Bertz CT molecular complexity index is 712. The lowest BCUT2D eigenvalue weighted by atomic mass is 10.1. The molecule has 0 saturated heterocycles. The first-order chi connectivity index (χ1) is 10.9. The summed E-state index contributed by atoms with van der Waals surface area (Å²) < 4.78 is 13.4. The van der Waals surface area contributed by atoms with Gasteiger partial charge in [0.05, 0.1) is 12.2 Å². The summed E-state index contributed by atoms with van der Waals surface area (Å²) in [7, 11) is 0. The van der Waals surface area contributed by atoms with Gasteiger partial charge in [0.25, 0.3) is 5.91 Å². The second-order valence-corrected chi connectivity index (χ2v) is 6.58. The van der Waals surface area contributed by atoms with Gasteiger partial charge in [-0.1, -0.05) is 24.9 Å². The molecular formula is C16H16ClFN2O2S. The molecule has 1 amide bonds. The number of carbonyl (C=O) groups is 2. The van der Waals surface area contributed by atoms with E-state index in [9.17, 15) is 14.0 Å². The Hall–Kier alpha value is -1.79. The first-order valence-corrected chi connectivity index (χ1v) is 8.33. The molecule has 4 nitrogen and oxygen atoms in total. The lowest BCUT2D eigenvalue weighted by molar-refractivity contribution is -0.118. The van der Waals surface area contributed by atoms with Crippen molar-refractivity contribution in [1.29, 1.82) is 0 Å². The zero-order valence-electron chi connectivity index (χ0n) is 12.7. The highest BCUT2D eigenvalue weighted by molar-refractivity contribution is 7.16. The first kappa shape index (κ1) is 17.6. The van der Waals surface area contributed by atoms with E-state index < -0.39 is 11.9 Å². The molecule has 2 aromatic rings. The summed E-state index contributed by atoms with van der Waals surface area (Å²) in [6.45, 7) is 3.40. The van der Waals surface area contributed by atoms with Crippen molar-refractivity contribution in [2.75, 3.05) is 0 Å². The largest absolute Gasteiger partial charge is 0.341 e. The van der Waals surface area contributed by atoms with Gasteiger partial charge < -0.3 is 5.32 Å². The number of halogens is 2. The summed E-state index contributed by atoms with van der Waals surface area (Å²) in [5.74, 6) is -0.903. The fourth-order valence-electron chi connectivity index (χ4n) is 2.08. The fraction of sp³-hybridized carbons (Fsp3) is 0.312. The van der Waals surface area contributed by atoms with E-state index in [4.69, 9.17) is 11.6 Å². The Labute approximate surface area is 142 Å². The van der Waals surface area contributed by atoms with Gasteiger partial charge in [-0.25, -0.2) is 9.37 Å². The maximum atomic E-state index is 13.4. The number of rotatable bonds is 6. The molecule has 0 radical (unpaired) electrons. The average Bonchev–Trinajstić information content (AvgIpc) is 2.95. The minimum Gasteiger partial charge on any atom is -0.341 e. The predicted octanol–water partition coefficient (Wildman–Crippen LogP) is 4.09. The Morgan fingerprint density at radius 3 is 2.74 bits per heavy atom. The van der Waals surface area contributed by atoms with E-state index in [1.165, 1.54) is 25.3 Å². The highest BCUT2D eigenvalue weighted by atomic mass is 35.5. The van der Waals surface area contributed by atoms with Gasteiger partial charge in [0, 0.05) is 10.6 Å². The van der Waals surface area contributed by atoms with Crippen molar-refractivity contribution in [2.24, 2.45) is 0 Å². The number of hydrogen-bond acceptors (Lipinski definition) is 4. The van der Waals surface area contributed by atoms with Crippen molar-refractivity contribution in [3.05, 3.63) is 40.1 Å². The van der Waals surface area contributed by atoms with Crippen LogP contribution in [0.15, 0.2) is 24.4 Å². The summed E-state index contributed by atoms with van der Waals surface area (Å²) in [6.07, 6.45) is 2.80. The molecule has 1 heterocycles. The number of Topliss-reactive ketones (excluding diaryl/α,β-unsaturated/α-hetero) is 1. The Kier molecular flexibility index (Phi) is 5.85. The minimum absolute atomic E-state index is 0.0816. The molecule has 0 aliphatic carbocycles. The Morgan fingerprint density at radius 1 is 1.39 bits per heavy atom. The number of carbonyl (C=O) groups excluding carboxylic acids is 2. The van der Waals surface area contributed by atoms with Crippen molar-refractivity contribution < 1.29 is 14.0 Å². The van der Waals surface area contributed by atoms with Gasteiger partial charge >= 0.3 is 0 Å². The lowest BCUT2D eigenvalue weighted by Gasteiger charge is -2.13. The number of amides is 1. The number of nitrogens with zero attached hydrogens (tertiary/aromatic N) is 1. The number of aromatic nitrogens is 1. The molecule has 1 aromatic heterocycles. The van der Waals surface area contributed by atoms with Crippen molar-refractivity contribution in [2.45, 2.75) is 32.7 Å². The molecule has 0 fully saturated rings. The molecule has 0 spiro atoms. The summed E-state index contributed by atoms with van der Waals surface area (Å²) in [6, 6.07) is 3.60. The van der Waals surface area contributed by atoms with Crippen LogP contribution in [0.25, 0.3) is 10.6 Å². The minimum atomic E-state index is -0.498. The summed E-state index contributed by atoms with van der Waals surface area (Å²) in [5.41, 5.74) is 0.510. The van der Waals surface area contributed by atoms with Crippen molar-refractivity contribution in [3.8, 4) is 10.6 Å². The maximum Gasteiger partial charge on any atom is 0.263 e. The number of nitrogens with one attached hydrogen (secondary N) is 1. The number of ketones is 1. The SMILES string of the molecule is CCCC(NC(=O)c1cnc(-c2cc(F)cc(Cl)c2)s1)C(C)=O. The smallest absolute Gasteiger partial charge is 0.263 e. The highest BCUT2D eigenvalue weighted by Gasteiger charge is 2.19. The van der Waals surface area contributed by atoms with Crippen molar-refractivity contribution >= 4 is 34.6 Å². The highest BCUT2D eigenvalue weighted by Crippen LogP contribution is 2.28. The van der Waals surface area contributed by atoms with E-state index in [1.807, 2.05) is 6.92 Å². The van der Waals surface area contributed by atoms with Crippen LogP contribution in [0.4, 0.5) is 4.39 Å². The van der Waals surface area contributed by atoms with Crippen LogP contribution >= 0.6 is 22.9 Å². The van der Waals surface area contributed by atoms with E-state index in [-0.39, 0.29) is 16.7 Å². The molecule has 23 heavy (non-hydrogen) atoms. The average molecular weight is 355 g/mol. The molecule has 122 valence electrons. The van der Waals surface area contributed by atoms with Gasteiger partial charge in [-0.3, -0.25) is 9.59 Å². The molecule has 2 rings (SSSR count). The molecule has 0 aliphatic rings. The van der Waals surface area contributed by atoms with Crippen LogP contribution in [0.2, 0.25) is 5.02 Å². The van der Waals surface area contributed by atoms with E-state index >= 15 is 0 Å². The summed E-state index contributed by atoms with van der Waals surface area (Å²) >= 11 is 6.95. The van der Waals surface area contributed by atoms with E-state index in [0.717, 1.165) is 17.8 Å². The molecule has 1 N–H and O–H groups in total. The van der Waals surface area contributed by atoms with Gasteiger partial charge in [0.1, 0.15) is 15.7 Å². The van der Waals surface area contributed by atoms with Gasteiger partial charge in [-0.2, -0.15) is 0 Å².